The molecule has 3 nitrogen and oxygen atoms in total. The maximum atomic E-state index is 13.6. The minimum absolute atomic E-state index is 0.376. The van der Waals surface area contributed by atoms with E-state index in [4.69, 9.17) is 4.74 Å². The summed E-state index contributed by atoms with van der Waals surface area (Å²) >= 11 is 0. The van der Waals surface area contributed by atoms with E-state index in [0.717, 1.165) is 28.3 Å². The number of aromatic amines is 1. The molecule has 22 heavy (non-hydrogen) atoms. The van der Waals surface area contributed by atoms with E-state index in [-0.39, 0.29) is 5.82 Å². The van der Waals surface area contributed by atoms with Crippen LogP contribution in [0.25, 0.3) is 22.2 Å². The van der Waals surface area contributed by atoms with Crippen LogP contribution in [0.15, 0.2) is 30.3 Å². The Hall–Kier alpha value is -2.62. The van der Waals surface area contributed by atoms with Crippen LogP contribution in [0.2, 0.25) is 0 Å². The highest BCUT2D eigenvalue weighted by molar-refractivity contribution is 6.06. The van der Waals surface area contributed by atoms with Crippen molar-refractivity contribution in [1.82, 2.24) is 4.98 Å². The van der Waals surface area contributed by atoms with E-state index in [9.17, 15) is 9.18 Å². The lowest BCUT2D eigenvalue weighted by atomic mass is 10.0. The number of aromatic nitrogens is 1. The number of benzene rings is 2. The second kappa shape index (κ2) is 5.30. The van der Waals surface area contributed by atoms with Crippen molar-refractivity contribution in [3.05, 3.63) is 52.8 Å². The number of H-pyrrole nitrogens is 1. The number of hydrogen-bond donors (Lipinski definition) is 1. The van der Waals surface area contributed by atoms with Gasteiger partial charge in [-0.2, -0.15) is 0 Å². The number of methoxy groups -OCH3 is 1. The Kier molecular flexibility index (Phi) is 3.45. The van der Waals surface area contributed by atoms with Gasteiger partial charge < -0.3 is 9.72 Å². The lowest BCUT2D eigenvalue weighted by Gasteiger charge is -2.08. The summed E-state index contributed by atoms with van der Waals surface area (Å²) in [7, 11) is 1.52. The van der Waals surface area contributed by atoms with Gasteiger partial charge in [-0.1, -0.05) is 6.07 Å². The molecule has 0 bridgehead atoms. The lowest BCUT2D eigenvalue weighted by molar-refractivity contribution is 0.112. The third-order valence-corrected chi connectivity index (χ3v) is 3.83. The third-order valence-electron chi connectivity index (χ3n) is 3.83. The summed E-state index contributed by atoms with van der Waals surface area (Å²) in [6.07, 6.45) is 0.806. The first-order valence-electron chi connectivity index (χ1n) is 6.97. The van der Waals surface area contributed by atoms with Crippen LogP contribution in [-0.4, -0.2) is 18.4 Å². The van der Waals surface area contributed by atoms with Gasteiger partial charge in [-0.15, -0.1) is 0 Å². The van der Waals surface area contributed by atoms with Crippen LogP contribution in [0.4, 0.5) is 4.39 Å². The van der Waals surface area contributed by atoms with Gasteiger partial charge in [-0.05, 0) is 49.2 Å². The van der Waals surface area contributed by atoms with E-state index in [1.54, 1.807) is 6.07 Å². The van der Waals surface area contributed by atoms with Gasteiger partial charge in [0, 0.05) is 22.0 Å². The Bertz CT molecular complexity index is 880. The Balaban J connectivity index is 2.39. The van der Waals surface area contributed by atoms with E-state index in [1.165, 1.54) is 19.2 Å². The molecule has 0 saturated heterocycles. The Morgan fingerprint density at radius 3 is 2.64 bits per heavy atom. The molecule has 1 N–H and O–H groups in total. The van der Waals surface area contributed by atoms with Gasteiger partial charge in [0.05, 0.1) is 12.8 Å². The largest absolute Gasteiger partial charge is 0.496 e. The van der Waals surface area contributed by atoms with Gasteiger partial charge in [-0.3, -0.25) is 4.79 Å². The molecular formula is C18H16FNO2. The minimum Gasteiger partial charge on any atom is -0.496 e. The van der Waals surface area contributed by atoms with Crippen LogP contribution in [0, 0.1) is 19.7 Å². The highest BCUT2D eigenvalue weighted by Crippen LogP contribution is 2.36. The average molecular weight is 297 g/mol. The van der Waals surface area contributed by atoms with Gasteiger partial charge in [0.2, 0.25) is 0 Å². The number of carbonyl (C=O) groups is 1. The second-order valence-corrected chi connectivity index (χ2v) is 5.38. The number of hydrogen-bond acceptors (Lipinski definition) is 2. The number of nitrogens with one attached hydrogen (secondary N) is 1. The molecule has 0 unspecified atom stereocenters. The summed E-state index contributed by atoms with van der Waals surface area (Å²) in [5.41, 5.74) is 4.61. The molecule has 0 spiro atoms. The number of ether oxygens (including phenoxy) is 1. The van der Waals surface area contributed by atoms with Crippen LogP contribution in [-0.2, 0) is 0 Å². The van der Waals surface area contributed by atoms with Crippen LogP contribution >= 0.6 is 0 Å². The molecule has 0 fully saturated rings. The molecule has 3 aromatic rings. The average Bonchev–Trinajstić information content (AvgIpc) is 2.85. The Labute approximate surface area is 127 Å². The van der Waals surface area contributed by atoms with E-state index in [1.807, 2.05) is 26.0 Å². The van der Waals surface area contributed by atoms with Gasteiger partial charge in [0.25, 0.3) is 0 Å². The molecule has 0 radical (unpaired) electrons. The molecule has 2 aromatic carbocycles. The van der Waals surface area contributed by atoms with Crippen molar-refractivity contribution < 1.29 is 13.9 Å². The predicted octanol–water partition coefficient (Wildman–Crippen LogP) is 4.41. The van der Waals surface area contributed by atoms with E-state index in [0.29, 0.717) is 22.6 Å². The van der Waals surface area contributed by atoms with Gasteiger partial charge in [-0.25, -0.2) is 4.39 Å². The van der Waals surface area contributed by atoms with E-state index in [2.05, 4.69) is 4.98 Å². The first-order valence-corrected chi connectivity index (χ1v) is 6.97. The fraction of sp³-hybridized carbons (Fsp3) is 0.167. The quantitative estimate of drug-likeness (QED) is 0.727. The maximum Gasteiger partial charge on any atom is 0.152 e. The Morgan fingerprint density at radius 2 is 1.95 bits per heavy atom. The van der Waals surface area contributed by atoms with Crippen molar-refractivity contribution in [3.8, 4) is 17.0 Å². The van der Waals surface area contributed by atoms with E-state index < -0.39 is 0 Å². The van der Waals surface area contributed by atoms with Gasteiger partial charge >= 0.3 is 0 Å². The number of aldehydes is 1. The van der Waals surface area contributed by atoms with Crippen molar-refractivity contribution in [2.75, 3.05) is 7.11 Å². The first-order chi connectivity index (χ1) is 10.5. The predicted molar refractivity (Wildman–Crippen MR) is 85.1 cm³/mol. The minimum atomic E-state index is -0.376. The summed E-state index contributed by atoms with van der Waals surface area (Å²) in [5.74, 6) is 0.143. The first kappa shape index (κ1) is 14.3. The summed E-state index contributed by atoms with van der Waals surface area (Å²) in [5, 5.41) is 0.863. The normalized spacial score (nSPS) is 10.9. The number of halogens is 1. The lowest BCUT2D eigenvalue weighted by Crippen LogP contribution is -1.92. The summed E-state index contributed by atoms with van der Waals surface area (Å²) in [6, 6.07) is 8.27. The molecule has 0 saturated carbocycles. The monoisotopic (exact) mass is 297 g/mol. The molecule has 0 aliphatic rings. The fourth-order valence-corrected chi connectivity index (χ4v) is 2.96. The number of fused-ring (bicyclic) bond motifs is 1. The maximum absolute atomic E-state index is 13.6. The standard InChI is InChI=1S/C18H16FNO2/c1-10-6-11(2)17-14(9-21)18(20-15(17)7-10)13-8-12(19)4-5-16(13)22-3/h4-9,20H,1-3H3. The van der Waals surface area contributed by atoms with Gasteiger partial charge in [0.1, 0.15) is 11.6 Å². The summed E-state index contributed by atoms with van der Waals surface area (Å²) < 4.78 is 18.9. The second-order valence-electron chi connectivity index (χ2n) is 5.38. The van der Waals surface area contributed by atoms with Crippen LogP contribution in [0.1, 0.15) is 21.5 Å². The molecule has 1 aromatic heterocycles. The van der Waals surface area contributed by atoms with Crippen molar-refractivity contribution in [1.29, 1.82) is 0 Å². The van der Waals surface area contributed by atoms with Gasteiger partial charge in [0.15, 0.2) is 6.29 Å². The van der Waals surface area contributed by atoms with Crippen molar-refractivity contribution >= 4 is 17.2 Å². The fourth-order valence-electron chi connectivity index (χ4n) is 2.96. The summed E-state index contributed by atoms with van der Waals surface area (Å²) in [6.45, 7) is 3.96. The molecule has 0 amide bonds. The Morgan fingerprint density at radius 1 is 1.18 bits per heavy atom. The SMILES string of the molecule is COc1ccc(F)cc1-c1[nH]c2cc(C)cc(C)c2c1C=O. The van der Waals surface area contributed by atoms with Crippen molar-refractivity contribution in [2.24, 2.45) is 0 Å². The topological polar surface area (TPSA) is 42.1 Å². The van der Waals surface area contributed by atoms with E-state index >= 15 is 0 Å². The molecule has 0 aliphatic heterocycles. The van der Waals surface area contributed by atoms with Crippen LogP contribution < -0.4 is 4.74 Å². The zero-order valence-corrected chi connectivity index (χ0v) is 12.7. The van der Waals surface area contributed by atoms with Crippen LogP contribution in [0.3, 0.4) is 0 Å². The highest BCUT2D eigenvalue weighted by atomic mass is 19.1. The number of carbonyl (C=O) groups excluding carboxylic acids is 1. The molecule has 112 valence electrons. The van der Waals surface area contributed by atoms with Crippen molar-refractivity contribution in [3.63, 3.8) is 0 Å². The smallest absolute Gasteiger partial charge is 0.152 e. The molecule has 1 heterocycles. The van der Waals surface area contributed by atoms with Crippen molar-refractivity contribution in [2.45, 2.75) is 13.8 Å². The molecular weight excluding hydrogens is 281 g/mol. The number of aryl methyl sites for hydroxylation is 2. The highest BCUT2D eigenvalue weighted by Gasteiger charge is 2.18. The number of rotatable bonds is 3. The zero-order chi connectivity index (χ0) is 15.9. The molecule has 0 atom stereocenters. The van der Waals surface area contributed by atoms with Crippen LogP contribution in [0.5, 0.6) is 5.75 Å². The zero-order valence-electron chi connectivity index (χ0n) is 12.7. The summed E-state index contributed by atoms with van der Waals surface area (Å²) in [4.78, 5) is 14.9. The molecule has 3 rings (SSSR count). The third kappa shape index (κ3) is 2.17. The molecule has 0 aliphatic carbocycles. The molecule has 4 heteroatoms.